The third-order valence-electron chi connectivity index (χ3n) is 5.79. The molecular weight excluding hydrogens is 566 g/mol. The smallest absolute Gasteiger partial charge is 0.264 e. The number of sulfonamides is 1. The van der Waals surface area contributed by atoms with Gasteiger partial charge in [-0.15, -0.1) is 0 Å². The predicted molar refractivity (Wildman–Crippen MR) is 154 cm³/mol. The minimum atomic E-state index is -4.09. The Labute approximate surface area is 234 Å². The average molecular weight is 601 g/mol. The van der Waals surface area contributed by atoms with Crippen molar-refractivity contribution in [1.82, 2.24) is 10.2 Å². The molecule has 0 unspecified atom stereocenters. The van der Waals surface area contributed by atoms with Gasteiger partial charge in [0.25, 0.3) is 10.0 Å². The molecular formula is C29H34BrN3O4S. The Morgan fingerprint density at radius 1 is 0.921 bits per heavy atom. The highest BCUT2D eigenvalue weighted by Gasteiger charge is 2.34. The van der Waals surface area contributed by atoms with Crippen LogP contribution in [0.1, 0.15) is 39.7 Å². The van der Waals surface area contributed by atoms with Gasteiger partial charge in [-0.25, -0.2) is 8.42 Å². The predicted octanol–water partition coefficient (Wildman–Crippen LogP) is 5.37. The fourth-order valence-corrected chi connectivity index (χ4v) is 5.85. The SMILES string of the molecule is CC[C@@H](C(=O)NC(C)(C)C)N(Cc1ccccc1)C(=O)CN(c1cccc(Br)c1)S(=O)(=O)c1ccccc1. The topological polar surface area (TPSA) is 86.8 Å². The van der Waals surface area contributed by atoms with E-state index in [2.05, 4.69) is 21.2 Å². The summed E-state index contributed by atoms with van der Waals surface area (Å²) in [6.45, 7) is 7.16. The Bertz CT molecular complexity index is 1340. The molecule has 38 heavy (non-hydrogen) atoms. The van der Waals surface area contributed by atoms with Crippen LogP contribution in [0.4, 0.5) is 5.69 Å². The molecule has 2 amide bonds. The Balaban J connectivity index is 2.05. The summed E-state index contributed by atoms with van der Waals surface area (Å²) in [6.07, 6.45) is 0.364. The van der Waals surface area contributed by atoms with Crippen LogP contribution in [0.3, 0.4) is 0 Å². The van der Waals surface area contributed by atoms with Gasteiger partial charge in [0.1, 0.15) is 12.6 Å². The molecule has 0 radical (unpaired) electrons. The molecule has 0 aliphatic rings. The van der Waals surface area contributed by atoms with Crippen LogP contribution >= 0.6 is 15.9 Å². The summed E-state index contributed by atoms with van der Waals surface area (Å²) < 4.78 is 29.3. The van der Waals surface area contributed by atoms with Crippen LogP contribution in [0.15, 0.2) is 94.3 Å². The Hall–Kier alpha value is -3.17. The van der Waals surface area contributed by atoms with E-state index in [0.717, 1.165) is 9.87 Å². The summed E-state index contributed by atoms with van der Waals surface area (Å²) in [5.74, 6) is -0.770. The Kier molecular flexibility index (Phi) is 9.73. The number of benzene rings is 3. The third kappa shape index (κ3) is 7.68. The lowest BCUT2D eigenvalue weighted by Gasteiger charge is -2.34. The van der Waals surface area contributed by atoms with Crippen molar-refractivity contribution in [2.45, 2.75) is 57.1 Å². The fourth-order valence-electron chi connectivity index (χ4n) is 4.03. The average Bonchev–Trinajstić information content (AvgIpc) is 2.87. The molecule has 1 N–H and O–H groups in total. The lowest BCUT2D eigenvalue weighted by atomic mass is 10.1. The summed E-state index contributed by atoms with van der Waals surface area (Å²) >= 11 is 3.40. The number of amides is 2. The van der Waals surface area contributed by atoms with Gasteiger partial charge >= 0.3 is 0 Å². The minimum Gasteiger partial charge on any atom is -0.350 e. The standard InChI is InChI=1S/C29H34BrN3O4S/c1-5-26(28(35)31-29(2,3)4)32(20-22-13-8-6-9-14-22)27(34)21-33(24-16-12-15-23(30)19-24)38(36,37)25-17-10-7-11-18-25/h6-19,26H,5,20-21H2,1-4H3,(H,31,35)/t26-/m0/s1. The maximum absolute atomic E-state index is 14.0. The van der Waals surface area contributed by atoms with Crippen LogP contribution in [0, 0.1) is 0 Å². The second kappa shape index (κ2) is 12.6. The maximum atomic E-state index is 14.0. The van der Waals surface area contributed by atoms with Crippen LogP contribution in [0.5, 0.6) is 0 Å². The molecule has 1 atom stereocenters. The van der Waals surface area contributed by atoms with E-state index in [0.29, 0.717) is 16.6 Å². The highest BCUT2D eigenvalue weighted by atomic mass is 79.9. The lowest BCUT2D eigenvalue weighted by Crippen LogP contribution is -2.55. The fraction of sp³-hybridized carbons (Fsp3) is 0.310. The molecule has 0 saturated heterocycles. The van der Waals surface area contributed by atoms with Gasteiger partial charge in [-0.3, -0.25) is 13.9 Å². The van der Waals surface area contributed by atoms with Crippen molar-refractivity contribution in [3.63, 3.8) is 0 Å². The molecule has 0 bridgehead atoms. The molecule has 3 aromatic carbocycles. The van der Waals surface area contributed by atoms with Crippen LogP contribution in [0.25, 0.3) is 0 Å². The Morgan fingerprint density at radius 2 is 1.53 bits per heavy atom. The molecule has 7 nitrogen and oxygen atoms in total. The summed E-state index contributed by atoms with van der Waals surface area (Å²) in [5.41, 5.74) is 0.677. The molecule has 202 valence electrons. The first-order valence-corrected chi connectivity index (χ1v) is 14.6. The number of nitrogens with zero attached hydrogens (tertiary/aromatic N) is 2. The van der Waals surface area contributed by atoms with Crippen LogP contribution in [-0.4, -0.2) is 43.3 Å². The van der Waals surface area contributed by atoms with Crippen molar-refractivity contribution in [2.24, 2.45) is 0 Å². The largest absolute Gasteiger partial charge is 0.350 e. The molecule has 0 saturated carbocycles. The number of carbonyl (C=O) groups is 2. The number of rotatable bonds is 10. The maximum Gasteiger partial charge on any atom is 0.264 e. The first-order valence-electron chi connectivity index (χ1n) is 12.4. The van der Waals surface area contributed by atoms with E-state index in [9.17, 15) is 18.0 Å². The van der Waals surface area contributed by atoms with Gasteiger partial charge < -0.3 is 10.2 Å². The van der Waals surface area contributed by atoms with Gasteiger partial charge in [-0.1, -0.05) is 77.5 Å². The van der Waals surface area contributed by atoms with Crippen molar-refractivity contribution in [2.75, 3.05) is 10.8 Å². The van der Waals surface area contributed by atoms with Gasteiger partial charge in [-0.2, -0.15) is 0 Å². The Morgan fingerprint density at radius 3 is 2.08 bits per heavy atom. The zero-order chi connectivity index (χ0) is 27.9. The van der Waals surface area contributed by atoms with E-state index in [4.69, 9.17) is 0 Å². The second-order valence-corrected chi connectivity index (χ2v) is 12.8. The lowest BCUT2D eigenvalue weighted by molar-refractivity contribution is -0.141. The molecule has 3 aromatic rings. The van der Waals surface area contributed by atoms with E-state index in [1.54, 1.807) is 42.5 Å². The van der Waals surface area contributed by atoms with Crippen molar-refractivity contribution in [3.8, 4) is 0 Å². The number of carbonyl (C=O) groups excluding carboxylic acids is 2. The van der Waals surface area contributed by atoms with Gasteiger partial charge in [-0.05, 0) is 63.1 Å². The highest BCUT2D eigenvalue weighted by Crippen LogP contribution is 2.27. The number of hydrogen-bond acceptors (Lipinski definition) is 4. The zero-order valence-corrected chi connectivity index (χ0v) is 24.5. The van der Waals surface area contributed by atoms with Crippen molar-refractivity contribution < 1.29 is 18.0 Å². The van der Waals surface area contributed by atoms with Crippen LogP contribution < -0.4 is 9.62 Å². The number of hydrogen-bond donors (Lipinski definition) is 1. The van der Waals surface area contributed by atoms with Gasteiger partial charge in [0, 0.05) is 16.6 Å². The monoisotopic (exact) mass is 599 g/mol. The third-order valence-corrected chi connectivity index (χ3v) is 8.07. The van der Waals surface area contributed by atoms with Crippen molar-refractivity contribution in [1.29, 1.82) is 0 Å². The summed E-state index contributed by atoms with van der Waals surface area (Å²) in [4.78, 5) is 28.8. The van der Waals surface area contributed by atoms with Crippen LogP contribution in [-0.2, 0) is 26.2 Å². The normalized spacial score (nSPS) is 12.4. The first kappa shape index (κ1) is 29.4. The van der Waals surface area contributed by atoms with E-state index in [1.807, 2.05) is 58.0 Å². The first-order chi connectivity index (χ1) is 17.9. The number of anilines is 1. The van der Waals surface area contributed by atoms with E-state index < -0.39 is 34.1 Å². The van der Waals surface area contributed by atoms with E-state index >= 15 is 0 Å². The second-order valence-electron chi connectivity index (χ2n) is 9.98. The van der Waals surface area contributed by atoms with Crippen molar-refractivity contribution in [3.05, 3.63) is 95.0 Å². The molecule has 9 heteroatoms. The van der Waals surface area contributed by atoms with Crippen LogP contribution in [0.2, 0.25) is 0 Å². The molecule has 0 aliphatic carbocycles. The summed E-state index contributed by atoms with van der Waals surface area (Å²) in [7, 11) is -4.09. The van der Waals surface area contributed by atoms with Gasteiger partial charge in [0.15, 0.2) is 0 Å². The van der Waals surface area contributed by atoms with Gasteiger partial charge in [0.05, 0.1) is 10.6 Å². The van der Waals surface area contributed by atoms with Gasteiger partial charge in [0.2, 0.25) is 11.8 Å². The summed E-state index contributed by atoms with van der Waals surface area (Å²) in [6, 6.07) is 23.4. The van der Waals surface area contributed by atoms with E-state index in [-0.39, 0.29) is 17.3 Å². The minimum absolute atomic E-state index is 0.0694. The molecule has 0 spiro atoms. The quantitative estimate of drug-likeness (QED) is 0.339. The summed E-state index contributed by atoms with van der Waals surface area (Å²) in [5, 5.41) is 2.97. The highest BCUT2D eigenvalue weighted by molar-refractivity contribution is 9.10. The molecule has 3 rings (SSSR count). The number of halogens is 1. The molecule has 0 fully saturated rings. The van der Waals surface area contributed by atoms with Crippen molar-refractivity contribution >= 4 is 43.5 Å². The number of nitrogens with one attached hydrogen (secondary N) is 1. The molecule has 0 heterocycles. The molecule has 0 aliphatic heterocycles. The van der Waals surface area contributed by atoms with E-state index in [1.165, 1.54) is 17.0 Å². The zero-order valence-electron chi connectivity index (χ0n) is 22.1. The molecule has 0 aromatic heterocycles.